The number of fused-ring (bicyclic) bond motifs is 1. The molecule has 3 aromatic rings. The Morgan fingerprint density at radius 1 is 1.10 bits per heavy atom. The molecule has 5 heterocycles. The Balaban J connectivity index is 1.16. The lowest BCUT2D eigenvalue weighted by Crippen LogP contribution is -2.64. The molecule has 0 bridgehead atoms. The Bertz CT molecular complexity index is 1060. The van der Waals surface area contributed by atoms with Gasteiger partial charge in [-0.3, -0.25) is 14.5 Å². The highest BCUT2D eigenvalue weighted by Crippen LogP contribution is 2.22. The lowest BCUT2D eigenvalue weighted by molar-refractivity contribution is 0.00817. The van der Waals surface area contributed by atoms with Gasteiger partial charge in [-0.15, -0.1) is 0 Å². The number of carbonyl (C=O) groups is 2. The average molecular weight is 471 g/mol. The number of piperazine rings is 1. The van der Waals surface area contributed by atoms with Crippen molar-refractivity contribution in [3.8, 4) is 0 Å². The van der Waals surface area contributed by atoms with Crippen molar-refractivity contribution < 1.29 is 9.59 Å². The lowest BCUT2D eigenvalue weighted by Gasteiger charge is -2.47. The number of rotatable bonds is 3. The lowest BCUT2D eigenvalue weighted by atomic mass is 10.1. The minimum absolute atomic E-state index is 0.0238. The molecule has 2 amide bonds. The van der Waals surface area contributed by atoms with Gasteiger partial charge in [0, 0.05) is 68.4 Å². The zero-order valence-corrected chi connectivity index (χ0v) is 18.3. The van der Waals surface area contributed by atoms with Crippen molar-refractivity contribution in [3.63, 3.8) is 0 Å². The van der Waals surface area contributed by atoms with Crippen molar-refractivity contribution in [1.29, 1.82) is 0 Å². The fraction of sp³-hybridized carbons (Fsp3) is 0.381. The summed E-state index contributed by atoms with van der Waals surface area (Å²) in [5, 5.41) is 0. The fourth-order valence-corrected chi connectivity index (χ4v) is 4.48. The second kappa shape index (κ2) is 7.55. The maximum atomic E-state index is 12.8. The Morgan fingerprint density at radius 3 is 2.57 bits per heavy atom. The van der Waals surface area contributed by atoms with E-state index in [1.165, 1.54) is 0 Å². The number of likely N-dealkylation sites (tertiary alicyclic amines) is 1. The number of nitrogens with one attached hydrogen (secondary N) is 1. The first kappa shape index (κ1) is 19.3. The normalized spacial score (nSPS) is 18.1. The molecule has 0 saturated carbocycles. The number of amides is 2. The smallest absolute Gasteiger partial charge is 0.274 e. The SMILES string of the molecule is Cc1cc2nc(C(=O)N3CC(N4CCN(C(=O)c5ccc[nH]5)CC4)C3)cn2cc1Br. The summed E-state index contributed by atoms with van der Waals surface area (Å²) in [5.41, 5.74) is 2.98. The van der Waals surface area contributed by atoms with Gasteiger partial charge in [-0.2, -0.15) is 0 Å². The highest BCUT2D eigenvalue weighted by Gasteiger charge is 2.37. The molecule has 0 atom stereocenters. The number of carbonyl (C=O) groups excluding carboxylic acids is 2. The van der Waals surface area contributed by atoms with Crippen molar-refractivity contribution in [2.75, 3.05) is 39.3 Å². The molecule has 0 aromatic carbocycles. The molecular weight excluding hydrogens is 448 g/mol. The van der Waals surface area contributed by atoms with E-state index in [9.17, 15) is 9.59 Å². The quantitative estimate of drug-likeness (QED) is 0.635. The molecule has 0 aliphatic carbocycles. The minimum atomic E-state index is -0.0238. The van der Waals surface area contributed by atoms with Crippen LogP contribution in [0.3, 0.4) is 0 Å². The Kier molecular flexibility index (Phi) is 4.86. The van der Waals surface area contributed by atoms with Gasteiger partial charge >= 0.3 is 0 Å². The Morgan fingerprint density at radius 2 is 1.87 bits per heavy atom. The van der Waals surface area contributed by atoms with Gasteiger partial charge in [-0.25, -0.2) is 4.98 Å². The predicted molar refractivity (Wildman–Crippen MR) is 116 cm³/mol. The van der Waals surface area contributed by atoms with Crippen LogP contribution in [0.25, 0.3) is 5.65 Å². The van der Waals surface area contributed by atoms with E-state index < -0.39 is 0 Å². The topological polar surface area (TPSA) is 77.0 Å². The van der Waals surface area contributed by atoms with Crippen molar-refractivity contribution in [3.05, 3.63) is 58.2 Å². The van der Waals surface area contributed by atoms with Crippen LogP contribution in [0.2, 0.25) is 0 Å². The molecule has 0 unspecified atom stereocenters. The van der Waals surface area contributed by atoms with E-state index in [1.807, 2.05) is 45.5 Å². The highest BCUT2D eigenvalue weighted by atomic mass is 79.9. The molecule has 0 spiro atoms. The third-order valence-corrected chi connectivity index (χ3v) is 6.88. The summed E-state index contributed by atoms with van der Waals surface area (Å²) in [4.78, 5) is 38.9. The highest BCUT2D eigenvalue weighted by molar-refractivity contribution is 9.10. The van der Waals surface area contributed by atoms with Crippen LogP contribution in [0.5, 0.6) is 0 Å². The summed E-state index contributed by atoms with van der Waals surface area (Å²) in [7, 11) is 0. The molecule has 2 fully saturated rings. The third-order valence-electron chi connectivity index (χ3n) is 6.05. The van der Waals surface area contributed by atoms with Crippen molar-refractivity contribution in [2.45, 2.75) is 13.0 Å². The summed E-state index contributed by atoms with van der Waals surface area (Å²) < 4.78 is 2.87. The minimum Gasteiger partial charge on any atom is -0.357 e. The summed E-state index contributed by atoms with van der Waals surface area (Å²) in [6, 6.07) is 5.97. The average Bonchev–Trinajstić information content (AvgIpc) is 3.37. The predicted octanol–water partition coefficient (Wildman–Crippen LogP) is 2.02. The van der Waals surface area contributed by atoms with E-state index in [0.717, 1.165) is 28.8 Å². The monoisotopic (exact) mass is 470 g/mol. The molecule has 2 aliphatic rings. The number of H-pyrrole nitrogens is 1. The Labute approximate surface area is 182 Å². The molecule has 30 heavy (non-hydrogen) atoms. The van der Waals surface area contributed by atoms with Crippen LogP contribution in [0.15, 0.2) is 41.3 Å². The van der Waals surface area contributed by atoms with E-state index in [-0.39, 0.29) is 11.8 Å². The van der Waals surface area contributed by atoms with Crippen LogP contribution in [0, 0.1) is 6.92 Å². The first-order chi connectivity index (χ1) is 14.5. The fourth-order valence-electron chi connectivity index (χ4n) is 4.15. The molecular formula is C21H23BrN6O2. The van der Waals surface area contributed by atoms with Crippen molar-refractivity contribution in [2.24, 2.45) is 0 Å². The van der Waals surface area contributed by atoms with E-state index in [2.05, 4.69) is 30.8 Å². The van der Waals surface area contributed by atoms with Gasteiger partial charge in [-0.1, -0.05) is 0 Å². The first-order valence-electron chi connectivity index (χ1n) is 10.1. The van der Waals surface area contributed by atoms with Crippen LogP contribution in [0.4, 0.5) is 0 Å². The summed E-state index contributed by atoms with van der Waals surface area (Å²) in [6.07, 6.45) is 5.49. The third kappa shape index (κ3) is 3.41. The van der Waals surface area contributed by atoms with Gasteiger partial charge in [0.05, 0.1) is 0 Å². The number of hydrogen-bond acceptors (Lipinski definition) is 4. The van der Waals surface area contributed by atoms with Gasteiger partial charge in [-0.05, 0) is 46.6 Å². The molecule has 2 aliphatic heterocycles. The molecule has 9 heteroatoms. The van der Waals surface area contributed by atoms with E-state index >= 15 is 0 Å². The molecule has 3 aromatic heterocycles. The van der Waals surface area contributed by atoms with Gasteiger partial charge in [0.15, 0.2) is 0 Å². The van der Waals surface area contributed by atoms with Gasteiger partial charge in [0.2, 0.25) is 0 Å². The molecule has 156 valence electrons. The zero-order valence-electron chi connectivity index (χ0n) is 16.7. The second-order valence-electron chi connectivity index (χ2n) is 7.97. The van der Waals surface area contributed by atoms with Crippen molar-refractivity contribution >= 4 is 33.4 Å². The number of aromatic amines is 1. The summed E-state index contributed by atoms with van der Waals surface area (Å²) in [6.45, 7) is 6.51. The van der Waals surface area contributed by atoms with Gasteiger partial charge in [0.1, 0.15) is 17.0 Å². The second-order valence-corrected chi connectivity index (χ2v) is 8.83. The molecule has 5 rings (SSSR count). The van der Waals surface area contributed by atoms with Crippen LogP contribution in [-0.2, 0) is 0 Å². The number of halogens is 1. The van der Waals surface area contributed by atoms with Crippen LogP contribution >= 0.6 is 15.9 Å². The van der Waals surface area contributed by atoms with Gasteiger partial charge in [0.25, 0.3) is 11.8 Å². The van der Waals surface area contributed by atoms with Crippen molar-refractivity contribution in [1.82, 2.24) is 29.1 Å². The van der Waals surface area contributed by atoms with Gasteiger partial charge < -0.3 is 19.2 Å². The summed E-state index contributed by atoms with van der Waals surface area (Å²) in [5.74, 6) is 0.0306. The van der Waals surface area contributed by atoms with E-state index in [0.29, 0.717) is 43.6 Å². The summed E-state index contributed by atoms with van der Waals surface area (Å²) >= 11 is 3.52. The number of imidazole rings is 1. The maximum Gasteiger partial charge on any atom is 0.274 e. The number of aryl methyl sites for hydroxylation is 1. The molecule has 0 radical (unpaired) electrons. The molecule has 2 saturated heterocycles. The number of nitrogens with zero attached hydrogens (tertiary/aromatic N) is 5. The molecule has 8 nitrogen and oxygen atoms in total. The zero-order chi connectivity index (χ0) is 20.8. The first-order valence-corrected chi connectivity index (χ1v) is 10.9. The molecule has 1 N–H and O–H groups in total. The number of hydrogen-bond donors (Lipinski definition) is 1. The van der Waals surface area contributed by atoms with Crippen LogP contribution < -0.4 is 0 Å². The van der Waals surface area contributed by atoms with Crippen LogP contribution in [0.1, 0.15) is 26.5 Å². The largest absolute Gasteiger partial charge is 0.357 e. The van der Waals surface area contributed by atoms with E-state index in [1.54, 1.807) is 12.4 Å². The maximum absolute atomic E-state index is 12.8. The van der Waals surface area contributed by atoms with E-state index in [4.69, 9.17) is 0 Å². The number of aromatic nitrogens is 3. The number of pyridine rings is 1. The van der Waals surface area contributed by atoms with Crippen LogP contribution in [-0.4, -0.2) is 86.2 Å². The Hall–Kier alpha value is -2.65. The standard InChI is InChI=1S/C21H23BrN6O2/c1-14-9-19-24-18(13-27(19)12-16(14)22)21(30)28-10-15(11-28)25-5-7-26(8-6-25)20(29)17-3-2-4-23-17/h2-4,9,12-13,15,23H,5-8,10-11H2,1H3.